The third-order valence-electron chi connectivity index (χ3n) is 2.16. The quantitative estimate of drug-likeness (QED) is 0.713. The van der Waals surface area contributed by atoms with E-state index in [1.165, 1.54) is 0 Å². The van der Waals surface area contributed by atoms with Crippen LogP contribution >= 0.6 is 23.2 Å². The van der Waals surface area contributed by atoms with E-state index in [-0.39, 0.29) is 11.7 Å². The smallest absolute Gasteiger partial charge is 0.155 e. The molecule has 0 saturated heterocycles. The second-order valence-corrected chi connectivity index (χ2v) is 7.87. The van der Waals surface area contributed by atoms with Gasteiger partial charge in [-0.05, 0) is 33.1 Å². The highest BCUT2D eigenvalue weighted by molar-refractivity contribution is 7.92. The highest BCUT2D eigenvalue weighted by atomic mass is 35.5. The summed E-state index contributed by atoms with van der Waals surface area (Å²) in [5.41, 5.74) is 0. The first kappa shape index (κ1) is 14.5. The Bertz CT molecular complexity index is 250. The first-order chi connectivity index (χ1) is 6.24. The lowest BCUT2D eigenvalue weighted by atomic mass is 10.2. The first-order valence-electron chi connectivity index (χ1n) is 4.59. The molecule has 0 saturated carbocycles. The van der Waals surface area contributed by atoms with Gasteiger partial charge in [0.2, 0.25) is 0 Å². The molecule has 0 atom stereocenters. The van der Waals surface area contributed by atoms with Gasteiger partial charge < -0.3 is 0 Å². The molecule has 0 bridgehead atoms. The van der Waals surface area contributed by atoms with Gasteiger partial charge in [0, 0.05) is 11.8 Å². The Labute approximate surface area is 96.9 Å². The largest absolute Gasteiger partial charge is 0.228 e. The summed E-state index contributed by atoms with van der Waals surface area (Å²) in [4.78, 5) is 0. The molecular formula is C9H18Cl2O2S. The van der Waals surface area contributed by atoms with Crippen molar-refractivity contribution < 1.29 is 8.42 Å². The van der Waals surface area contributed by atoms with Crippen LogP contribution in [0.5, 0.6) is 0 Å². The number of alkyl halides is 2. The Kier molecular flexibility index (Phi) is 5.78. The summed E-state index contributed by atoms with van der Waals surface area (Å²) in [6.07, 6.45) is 0.548. The Hall–Kier alpha value is 0.530. The highest BCUT2D eigenvalue weighted by Gasteiger charge is 2.29. The van der Waals surface area contributed by atoms with Gasteiger partial charge in [0.25, 0.3) is 0 Å². The fraction of sp³-hybridized carbons (Fsp3) is 1.00. The zero-order valence-corrected chi connectivity index (χ0v) is 11.2. The highest BCUT2D eigenvalue weighted by Crippen LogP contribution is 2.19. The molecular weight excluding hydrogens is 243 g/mol. The standard InChI is InChI=1S/C9H18Cl2O2S/c1-9(2,3)14(12,13)5-4-8(6-10)7-11/h8H,4-7H2,1-3H3. The average Bonchev–Trinajstić information content (AvgIpc) is 2.04. The van der Waals surface area contributed by atoms with E-state index in [0.29, 0.717) is 18.2 Å². The van der Waals surface area contributed by atoms with Crippen molar-refractivity contribution >= 4 is 33.0 Å². The van der Waals surface area contributed by atoms with Crippen LogP contribution in [0.2, 0.25) is 0 Å². The molecule has 0 heterocycles. The van der Waals surface area contributed by atoms with Gasteiger partial charge in [0.05, 0.1) is 10.5 Å². The molecule has 0 aromatic rings. The number of hydrogen-bond acceptors (Lipinski definition) is 2. The monoisotopic (exact) mass is 260 g/mol. The summed E-state index contributed by atoms with van der Waals surface area (Å²) in [6, 6.07) is 0. The second-order valence-electron chi connectivity index (χ2n) is 4.39. The number of halogens is 2. The lowest BCUT2D eigenvalue weighted by Crippen LogP contribution is -2.31. The summed E-state index contributed by atoms with van der Waals surface area (Å²) < 4.78 is 22.7. The molecule has 14 heavy (non-hydrogen) atoms. The van der Waals surface area contributed by atoms with Gasteiger partial charge in [-0.15, -0.1) is 23.2 Å². The van der Waals surface area contributed by atoms with Crippen LogP contribution < -0.4 is 0 Å². The van der Waals surface area contributed by atoms with Crippen molar-refractivity contribution in [3.05, 3.63) is 0 Å². The summed E-state index contributed by atoms with van der Waals surface area (Å²) in [5.74, 6) is 1.10. The molecule has 0 unspecified atom stereocenters. The lowest BCUT2D eigenvalue weighted by molar-refractivity contribution is 0.546. The van der Waals surface area contributed by atoms with E-state index in [0.717, 1.165) is 0 Å². The maximum atomic E-state index is 11.7. The number of rotatable bonds is 5. The fourth-order valence-corrected chi connectivity index (χ4v) is 2.72. The Morgan fingerprint density at radius 2 is 1.57 bits per heavy atom. The molecule has 0 rings (SSSR count). The van der Waals surface area contributed by atoms with Crippen LogP contribution in [0.1, 0.15) is 27.2 Å². The van der Waals surface area contributed by atoms with E-state index in [4.69, 9.17) is 23.2 Å². The van der Waals surface area contributed by atoms with E-state index in [1.54, 1.807) is 20.8 Å². The van der Waals surface area contributed by atoms with Crippen molar-refractivity contribution in [2.75, 3.05) is 17.5 Å². The molecule has 0 amide bonds. The molecule has 0 aliphatic carbocycles. The van der Waals surface area contributed by atoms with Crippen molar-refractivity contribution in [3.8, 4) is 0 Å². The maximum Gasteiger partial charge on any atom is 0.155 e. The minimum atomic E-state index is -3.03. The summed E-state index contributed by atoms with van der Waals surface area (Å²) in [6.45, 7) is 5.12. The second kappa shape index (κ2) is 5.57. The van der Waals surface area contributed by atoms with Crippen LogP contribution in [0.4, 0.5) is 0 Å². The van der Waals surface area contributed by atoms with Crippen LogP contribution in [0.15, 0.2) is 0 Å². The van der Waals surface area contributed by atoms with Crippen molar-refractivity contribution in [2.24, 2.45) is 5.92 Å². The summed E-state index contributed by atoms with van der Waals surface area (Å²) in [5, 5.41) is 0. The Balaban J connectivity index is 4.27. The zero-order chi connectivity index (χ0) is 11.4. The summed E-state index contributed by atoms with van der Waals surface area (Å²) >= 11 is 11.3. The normalized spacial score (nSPS) is 13.6. The lowest BCUT2D eigenvalue weighted by Gasteiger charge is -2.20. The molecule has 0 aliphatic heterocycles. The van der Waals surface area contributed by atoms with E-state index < -0.39 is 14.6 Å². The van der Waals surface area contributed by atoms with Gasteiger partial charge in [-0.1, -0.05) is 0 Å². The molecule has 0 aromatic heterocycles. The Morgan fingerprint density at radius 1 is 1.14 bits per heavy atom. The molecule has 2 nitrogen and oxygen atoms in total. The fourth-order valence-electron chi connectivity index (χ4n) is 0.824. The molecule has 0 fully saturated rings. The van der Waals surface area contributed by atoms with E-state index >= 15 is 0 Å². The van der Waals surface area contributed by atoms with E-state index in [9.17, 15) is 8.42 Å². The van der Waals surface area contributed by atoms with Gasteiger partial charge >= 0.3 is 0 Å². The van der Waals surface area contributed by atoms with E-state index in [1.807, 2.05) is 0 Å². The van der Waals surface area contributed by atoms with Gasteiger partial charge in [0.1, 0.15) is 0 Å². The summed E-state index contributed by atoms with van der Waals surface area (Å²) in [7, 11) is -3.03. The molecule has 0 aliphatic rings. The van der Waals surface area contributed by atoms with Gasteiger partial charge in [0.15, 0.2) is 9.84 Å². The minimum Gasteiger partial charge on any atom is -0.228 e. The van der Waals surface area contributed by atoms with Crippen LogP contribution in [0, 0.1) is 5.92 Å². The zero-order valence-electron chi connectivity index (χ0n) is 8.89. The van der Waals surface area contributed by atoms with Gasteiger partial charge in [-0.2, -0.15) is 0 Å². The topological polar surface area (TPSA) is 34.1 Å². The van der Waals surface area contributed by atoms with Crippen molar-refractivity contribution in [2.45, 2.75) is 31.9 Å². The number of hydrogen-bond donors (Lipinski definition) is 0. The predicted molar refractivity (Wildman–Crippen MR) is 63.1 cm³/mol. The predicted octanol–water partition coefficient (Wildman–Crippen LogP) is 2.68. The molecule has 0 aromatic carbocycles. The van der Waals surface area contributed by atoms with Gasteiger partial charge in [-0.3, -0.25) is 0 Å². The third kappa shape index (κ3) is 4.37. The van der Waals surface area contributed by atoms with Crippen LogP contribution in [-0.4, -0.2) is 30.7 Å². The first-order valence-corrected chi connectivity index (χ1v) is 7.31. The maximum absolute atomic E-state index is 11.7. The van der Waals surface area contributed by atoms with Gasteiger partial charge in [-0.25, -0.2) is 8.42 Å². The van der Waals surface area contributed by atoms with Crippen LogP contribution in [0.3, 0.4) is 0 Å². The minimum absolute atomic E-state index is 0.0930. The van der Waals surface area contributed by atoms with Crippen molar-refractivity contribution in [1.29, 1.82) is 0 Å². The SMILES string of the molecule is CC(C)(C)S(=O)(=O)CCC(CCl)CCl. The molecule has 0 radical (unpaired) electrons. The van der Waals surface area contributed by atoms with E-state index in [2.05, 4.69) is 0 Å². The van der Waals surface area contributed by atoms with Crippen LogP contribution in [0.25, 0.3) is 0 Å². The molecule has 0 N–H and O–H groups in total. The molecule has 5 heteroatoms. The van der Waals surface area contributed by atoms with Crippen molar-refractivity contribution in [3.63, 3.8) is 0 Å². The Morgan fingerprint density at radius 3 is 1.86 bits per heavy atom. The third-order valence-corrected chi connectivity index (χ3v) is 5.68. The molecule has 0 spiro atoms. The van der Waals surface area contributed by atoms with Crippen molar-refractivity contribution in [1.82, 2.24) is 0 Å². The molecule has 86 valence electrons. The average molecular weight is 261 g/mol. The number of sulfone groups is 1. The van der Waals surface area contributed by atoms with Crippen LogP contribution in [-0.2, 0) is 9.84 Å².